The number of benzene rings is 17. The summed E-state index contributed by atoms with van der Waals surface area (Å²) in [6.07, 6.45) is 0. The lowest BCUT2D eigenvalue weighted by atomic mass is 9.84. The molecule has 0 bridgehead atoms. The van der Waals surface area contributed by atoms with Gasteiger partial charge in [0, 0.05) is 21.5 Å². The van der Waals surface area contributed by atoms with Crippen molar-refractivity contribution in [2.24, 2.45) is 0 Å². The zero-order chi connectivity index (χ0) is 89.1. The Balaban J connectivity index is 0.000000184. The van der Waals surface area contributed by atoms with E-state index in [0.717, 1.165) is 32.3 Å². The maximum atomic E-state index is 9.60. The third-order valence-electron chi connectivity index (χ3n) is 15.8. The summed E-state index contributed by atoms with van der Waals surface area (Å²) in [5.74, 6) is 0. The summed E-state index contributed by atoms with van der Waals surface area (Å²) < 4.78 is 336. The molecular formula is C86H52O2. The van der Waals surface area contributed by atoms with Crippen molar-refractivity contribution in [3.8, 4) is 55.6 Å². The number of fused-ring (bicyclic) bond motifs is 16. The molecule has 17 aromatic carbocycles. The van der Waals surface area contributed by atoms with Crippen LogP contribution in [0.5, 0.6) is 0 Å². The number of rotatable bonds is 5. The predicted molar refractivity (Wildman–Crippen MR) is 375 cm³/mol. The fraction of sp³-hybridized carbons (Fsp3) is 0. The van der Waals surface area contributed by atoms with E-state index in [9.17, 15) is 19.2 Å². The summed E-state index contributed by atoms with van der Waals surface area (Å²) >= 11 is 0. The van der Waals surface area contributed by atoms with Crippen LogP contribution in [0.1, 0.15) is 49.3 Å². The van der Waals surface area contributed by atoms with Crippen molar-refractivity contribution in [2.45, 2.75) is 0 Å². The highest BCUT2D eigenvalue weighted by molar-refractivity contribution is 6.31. The molecule has 2 heterocycles. The minimum Gasteiger partial charge on any atom is -0.456 e. The zero-order valence-corrected chi connectivity index (χ0v) is 45.1. The van der Waals surface area contributed by atoms with Gasteiger partial charge in [0.1, 0.15) is 22.3 Å². The monoisotopic (exact) mass is 1150 g/mol. The molecule has 19 aromatic rings. The van der Waals surface area contributed by atoms with Crippen LogP contribution in [0.25, 0.3) is 186 Å². The average molecular weight is 1150 g/mol. The van der Waals surface area contributed by atoms with Gasteiger partial charge in [0.25, 0.3) is 0 Å². The molecule has 0 amide bonds. The van der Waals surface area contributed by atoms with Crippen LogP contribution < -0.4 is 0 Å². The quantitative estimate of drug-likeness (QED) is 0.161. The van der Waals surface area contributed by atoms with Crippen molar-refractivity contribution in [1.29, 1.82) is 0 Å². The van der Waals surface area contributed by atoms with Crippen molar-refractivity contribution in [1.82, 2.24) is 0 Å². The molecule has 0 fully saturated rings. The van der Waals surface area contributed by atoms with Gasteiger partial charge in [0.05, 0.1) is 49.3 Å². The van der Waals surface area contributed by atoms with Crippen LogP contribution in [0, 0.1) is 0 Å². The van der Waals surface area contributed by atoms with Gasteiger partial charge < -0.3 is 8.83 Å². The Bertz CT molecular complexity index is 8100. The van der Waals surface area contributed by atoms with Crippen molar-refractivity contribution < 1.29 is 58.2 Å². The lowest BCUT2D eigenvalue weighted by Gasteiger charge is -2.19. The number of hydrogen-bond donors (Lipinski definition) is 0. The fourth-order valence-corrected chi connectivity index (χ4v) is 12.1. The van der Waals surface area contributed by atoms with E-state index in [1.54, 1.807) is 24.3 Å². The second-order valence-electron chi connectivity index (χ2n) is 20.5. The maximum Gasteiger partial charge on any atom is 0.136 e. The van der Waals surface area contributed by atoms with Crippen molar-refractivity contribution in [3.05, 3.63) is 315 Å². The first-order valence-electron chi connectivity index (χ1n) is 45.4. The van der Waals surface area contributed by atoms with Gasteiger partial charge in [-0.2, -0.15) is 0 Å². The molecule has 19 rings (SSSR count). The van der Waals surface area contributed by atoms with E-state index >= 15 is 0 Å². The van der Waals surface area contributed by atoms with E-state index in [0.29, 0.717) is 33.4 Å². The first kappa shape index (κ1) is 26.0. The molecule has 0 spiro atoms. The third kappa shape index (κ3) is 7.83. The van der Waals surface area contributed by atoms with Crippen molar-refractivity contribution in [3.63, 3.8) is 0 Å². The smallest absolute Gasteiger partial charge is 0.136 e. The Hall–Kier alpha value is -11.6. The van der Waals surface area contributed by atoms with Gasteiger partial charge in [0.15, 0.2) is 0 Å². The molecule has 0 radical (unpaired) electrons. The largest absolute Gasteiger partial charge is 0.456 e. The first-order valence-corrected chi connectivity index (χ1v) is 27.4. The SMILES string of the molecule is [2H]c1c([2H])c(-c2c3c([2H])c([2H])c([2H])c([2H])c3c(-c3c([2H])c([2H])c([2H])c4c([2H])c([2H])c([2H])c([2H])c34)c3c([2H])c([2H])c([2H])c([2H])c23)c([2H])c([2H])c1-c1c([2H])c([2H])c2oc3c([2H])c4c([2H])c([2H])c([2H])c([2H])c4c([2H])c3c2c1[2H].[2H]c1c([2H])c([2H])c2c(-c3cc4oc5ccc6ccccc6c5c4c4ccccc34)c3c([2H])c([2H])c([2H])c([2H])c3c(-c3ccccc3)c2c1[2H]. The minimum absolute atomic E-state index is 0.174. The Morgan fingerprint density at radius 3 is 1.34 bits per heavy atom. The Labute approximate surface area is 557 Å². The molecule has 0 atom stereocenters. The van der Waals surface area contributed by atoms with E-state index in [2.05, 4.69) is 12.1 Å². The lowest BCUT2D eigenvalue weighted by Crippen LogP contribution is -1.91. The molecule has 88 heavy (non-hydrogen) atoms. The Morgan fingerprint density at radius 1 is 0.216 bits per heavy atom. The second-order valence-corrected chi connectivity index (χ2v) is 20.5. The van der Waals surface area contributed by atoms with Crippen LogP contribution >= 0.6 is 0 Å². The average Bonchev–Trinajstić information content (AvgIpc) is 1.68. The van der Waals surface area contributed by atoms with Crippen LogP contribution in [0.2, 0.25) is 0 Å². The molecule has 0 aliphatic heterocycles. The first-order chi connectivity index (χ1) is 58.7. The molecule has 0 N–H and O–H groups in total. The van der Waals surface area contributed by atoms with Crippen molar-refractivity contribution in [2.75, 3.05) is 0 Å². The lowest BCUT2D eigenvalue weighted by molar-refractivity contribution is 0.669. The van der Waals surface area contributed by atoms with Crippen LogP contribution in [0.4, 0.5) is 0 Å². The predicted octanol–water partition coefficient (Wildman–Crippen LogP) is 24.7. The standard InChI is InChI=1S/C46H28O.C40H24O/c1-2-12-33-28-44-42(26-32(33)11-1)41-27-34(24-25-43(41)47-44)29-20-22-31(23-21-29)45-37-15-5-7-17-39(37)46(40-18-8-6-16-38(40)45)36-19-9-13-30-10-3-4-14-35(30)36;1-2-13-26(14-3-1)37-30-18-8-10-20-32(30)38(33-21-11-9-19-31(33)37)34-24-36-40(29-17-7-6-16-28(29)34)39-27-15-5-4-12-25(27)22-23-35(39)41-36/h1-28H;1-24H/i1D,2D,3D,4D,5D,6D,7D,8D,9D,10D,11D,12D,13D,14D,15D,16D,17D,18D,19D,20D,21D,22D,23D,24D,25D,26D,27D,28D;8D,9D,10D,11D,18D,19D,20D,21D. The molecule has 2 heteroatoms. The summed E-state index contributed by atoms with van der Waals surface area (Å²) in [6, 6.07) is 2.30. The van der Waals surface area contributed by atoms with Gasteiger partial charge in [0.2, 0.25) is 0 Å². The van der Waals surface area contributed by atoms with E-state index in [-0.39, 0.29) is 45.7 Å². The topological polar surface area (TPSA) is 26.3 Å². The Kier molecular flexibility index (Phi) is 5.91. The third-order valence-corrected chi connectivity index (χ3v) is 15.8. The van der Waals surface area contributed by atoms with Gasteiger partial charge in [-0.15, -0.1) is 0 Å². The number of furan rings is 2. The van der Waals surface area contributed by atoms with E-state index in [1.165, 1.54) is 0 Å². The highest BCUT2D eigenvalue weighted by Crippen LogP contribution is 2.50. The molecule has 0 unspecified atom stereocenters. The van der Waals surface area contributed by atoms with Gasteiger partial charge in [-0.1, -0.05) is 278 Å². The minimum atomic E-state index is -1.10. The number of hydrogen-bond acceptors (Lipinski definition) is 2. The Morgan fingerprint density at radius 2 is 0.682 bits per heavy atom. The van der Waals surface area contributed by atoms with Gasteiger partial charge in [-0.05, 0) is 178 Å². The molecule has 408 valence electrons. The fourth-order valence-electron chi connectivity index (χ4n) is 12.1. The molecule has 2 aromatic heterocycles. The normalized spacial score (nSPS) is 17.6. The van der Waals surface area contributed by atoms with Gasteiger partial charge >= 0.3 is 0 Å². The van der Waals surface area contributed by atoms with E-state index < -0.39 is 292 Å². The van der Waals surface area contributed by atoms with E-state index in [1.807, 2.05) is 60.7 Å². The zero-order valence-electron chi connectivity index (χ0n) is 81.1. The van der Waals surface area contributed by atoms with Crippen LogP contribution in [-0.2, 0) is 0 Å². The van der Waals surface area contributed by atoms with Crippen LogP contribution in [0.3, 0.4) is 0 Å². The highest BCUT2D eigenvalue weighted by atomic mass is 16.3. The molecular weight excluding hydrogens is 1060 g/mol. The van der Waals surface area contributed by atoms with E-state index in [4.69, 9.17) is 39.0 Å². The van der Waals surface area contributed by atoms with Crippen LogP contribution in [0.15, 0.2) is 323 Å². The summed E-state index contributed by atoms with van der Waals surface area (Å²) in [4.78, 5) is 0. The second kappa shape index (κ2) is 20.0. The highest BCUT2D eigenvalue weighted by Gasteiger charge is 2.23. The van der Waals surface area contributed by atoms with Crippen LogP contribution in [-0.4, -0.2) is 0 Å². The molecule has 0 aliphatic rings. The summed E-state index contributed by atoms with van der Waals surface area (Å²) in [6.45, 7) is 0. The molecule has 2 nitrogen and oxygen atoms in total. The summed E-state index contributed by atoms with van der Waals surface area (Å²) in [5.41, 5.74) is -2.76. The molecule has 0 aliphatic carbocycles. The van der Waals surface area contributed by atoms with Gasteiger partial charge in [-0.25, -0.2) is 0 Å². The molecule has 0 saturated carbocycles. The molecule has 0 saturated heterocycles. The maximum absolute atomic E-state index is 9.60. The van der Waals surface area contributed by atoms with Crippen molar-refractivity contribution >= 4 is 130 Å². The summed E-state index contributed by atoms with van der Waals surface area (Å²) in [7, 11) is 0. The summed E-state index contributed by atoms with van der Waals surface area (Å²) in [5, 5.41) is 0.244. The van der Waals surface area contributed by atoms with Gasteiger partial charge in [-0.3, -0.25) is 0 Å².